The van der Waals surface area contributed by atoms with Crippen molar-refractivity contribution in [3.8, 4) is 0 Å². The number of ether oxygens (including phenoxy) is 1. The summed E-state index contributed by atoms with van der Waals surface area (Å²) in [6.07, 6.45) is 4.23. The summed E-state index contributed by atoms with van der Waals surface area (Å²) >= 11 is 0. The van der Waals surface area contributed by atoms with E-state index < -0.39 is 0 Å². The average molecular weight is 156 g/mol. The first kappa shape index (κ1) is 8.75. The number of hydrogen-bond donors (Lipinski definition) is 1. The summed E-state index contributed by atoms with van der Waals surface area (Å²) in [7, 11) is 0. The predicted octanol–water partition coefficient (Wildman–Crippen LogP) is 1.35. The van der Waals surface area contributed by atoms with Gasteiger partial charge >= 0.3 is 0 Å². The Balaban J connectivity index is 2.40. The highest BCUT2D eigenvalue weighted by Gasteiger charge is 2.12. The van der Waals surface area contributed by atoms with Gasteiger partial charge in [0, 0.05) is 12.5 Å². The second kappa shape index (κ2) is 4.52. The van der Waals surface area contributed by atoms with E-state index in [0.717, 1.165) is 31.6 Å². The molecule has 1 saturated heterocycles. The number of aliphatic hydroxyl groups excluding tert-OH is 1. The topological polar surface area (TPSA) is 29.5 Å². The minimum atomic E-state index is 0.201. The monoisotopic (exact) mass is 156 g/mol. The highest BCUT2D eigenvalue weighted by atomic mass is 16.5. The lowest BCUT2D eigenvalue weighted by Gasteiger charge is -2.03. The van der Waals surface area contributed by atoms with Crippen molar-refractivity contribution in [1.82, 2.24) is 0 Å². The zero-order valence-corrected chi connectivity index (χ0v) is 7.05. The molecule has 0 aromatic rings. The molecule has 1 unspecified atom stereocenters. The third-order valence-corrected chi connectivity index (χ3v) is 2.09. The Morgan fingerprint density at radius 3 is 3.00 bits per heavy atom. The predicted molar refractivity (Wildman–Crippen MR) is 44.4 cm³/mol. The van der Waals surface area contributed by atoms with Crippen molar-refractivity contribution in [2.24, 2.45) is 5.92 Å². The molecule has 0 aromatic heterocycles. The lowest BCUT2D eigenvalue weighted by molar-refractivity contribution is 0.191. The van der Waals surface area contributed by atoms with Crippen molar-refractivity contribution < 1.29 is 9.84 Å². The molecule has 0 saturated carbocycles. The Labute approximate surface area is 67.9 Å². The third-order valence-electron chi connectivity index (χ3n) is 2.09. The van der Waals surface area contributed by atoms with Gasteiger partial charge in [-0.25, -0.2) is 0 Å². The highest BCUT2D eigenvalue weighted by Crippen LogP contribution is 2.16. The van der Waals surface area contributed by atoms with Crippen LogP contribution in [0.1, 0.15) is 19.8 Å². The quantitative estimate of drug-likeness (QED) is 0.625. The maximum atomic E-state index is 8.88. The normalized spacial score (nSPS) is 26.0. The van der Waals surface area contributed by atoms with Crippen molar-refractivity contribution in [3.05, 3.63) is 11.6 Å². The summed E-state index contributed by atoms with van der Waals surface area (Å²) in [5, 5.41) is 8.88. The molecule has 1 rings (SSSR count). The molecule has 0 aromatic carbocycles. The third kappa shape index (κ3) is 2.64. The SMILES string of the molecule is CC/C(=C\C1CCOC1)CO. The molecular weight excluding hydrogens is 140 g/mol. The fourth-order valence-corrected chi connectivity index (χ4v) is 1.30. The van der Waals surface area contributed by atoms with E-state index in [2.05, 4.69) is 13.0 Å². The van der Waals surface area contributed by atoms with Crippen LogP contribution in [-0.2, 0) is 4.74 Å². The first-order valence-electron chi connectivity index (χ1n) is 4.25. The fourth-order valence-electron chi connectivity index (χ4n) is 1.30. The first-order valence-corrected chi connectivity index (χ1v) is 4.25. The van der Waals surface area contributed by atoms with E-state index in [1.165, 1.54) is 0 Å². The van der Waals surface area contributed by atoms with Gasteiger partial charge in [0.2, 0.25) is 0 Å². The molecular formula is C9H16O2. The lowest BCUT2D eigenvalue weighted by atomic mass is 10.0. The first-order chi connectivity index (χ1) is 5.36. The minimum Gasteiger partial charge on any atom is -0.392 e. The Kier molecular flexibility index (Phi) is 3.60. The van der Waals surface area contributed by atoms with Crippen molar-refractivity contribution in [1.29, 1.82) is 0 Å². The van der Waals surface area contributed by atoms with Crippen LogP contribution in [0.3, 0.4) is 0 Å². The molecule has 0 radical (unpaired) electrons. The van der Waals surface area contributed by atoms with Crippen LogP contribution in [0.4, 0.5) is 0 Å². The zero-order chi connectivity index (χ0) is 8.10. The van der Waals surface area contributed by atoms with Crippen LogP contribution in [0, 0.1) is 5.92 Å². The second-order valence-corrected chi connectivity index (χ2v) is 2.96. The molecule has 2 nitrogen and oxygen atoms in total. The van der Waals surface area contributed by atoms with Gasteiger partial charge in [0.15, 0.2) is 0 Å². The van der Waals surface area contributed by atoms with Crippen LogP contribution in [0.2, 0.25) is 0 Å². The summed E-state index contributed by atoms with van der Waals surface area (Å²) in [6.45, 7) is 3.98. The molecule has 1 heterocycles. The van der Waals surface area contributed by atoms with Gasteiger partial charge in [-0.1, -0.05) is 13.0 Å². The van der Waals surface area contributed by atoms with E-state index in [9.17, 15) is 0 Å². The van der Waals surface area contributed by atoms with Crippen molar-refractivity contribution in [3.63, 3.8) is 0 Å². The van der Waals surface area contributed by atoms with Crippen LogP contribution in [0.5, 0.6) is 0 Å². The summed E-state index contributed by atoms with van der Waals surface area (Å²) < 4.78 is 5.22. The molecule has 64 valence electrons. The van der Waals surface area contributed by atoms with Crippen LogP contribution < -0.4 is 0 Å². The van der Waals surface area contributed by atoms with E-state index in [1.54, 1.807) is 0 Å². The Morgan fingerprint density at radius 2 is 2.55 bits per heavy atom. The van der Waals surface area contributed by atoms with E-state index in [-0.39, 0.29) is 6.61 Å². The molecule has 1 aliphatic heterocycles. The van der Waals surface area contributed by atoms with E-state index in [0.29, 0.717) is 5.92 Å². The maximum absolute atomic E-state index is 8.88. The van der Waals surface area contributed by atoms with Crippen molar-refractivity contribution in [2.45, 2.75) is 19.8 Å². The second-order valence-electron chi connectivity index (χ2n) is 2.96. The zero-order valence-electron chi connectivity index (χ0n) is 7.05. The molecule has 0 amide bonds. The standard InChI is InChI=1S/C9H16O2/c1-2-8(6-10)5-9-3-4-11-7-9/h5,9-10H,2-4,6-7H2,1H3/b8-5+. The van der Waals surface area contributed by atoms with Crippen LogP contribution in [-0.4, -0.2) is 24.9 Å². The minimum absolute atomic E-state index is 0.201. The molecule has 1 fully saturated rings. The van der Waals surface area contributed by atoms with Gasteiger partial charge in [0.05, 0.1) is 13.2 Å². The maximum Gasteiger partial charge on any atom is 0.0641 e. The van der Waals surface area contributed by atoms with Crippen LogP contribution in [0.15, 0.2) is 11.6 Å². The van der Waals surface area contributed by atoms with E-state index >= 15 is 0 Å². The van der Waals surface area contributed by atoms with Gasteiger partial charge in [-0.3, -0.25) is 0 Å². The highest BCUT2D eigenvalue weighted by molar-refractivity contribution is 5.04. The number of hydrogen-bond acceptors (Lipinski definition) is 2. The Hall–Kier alpha value is -0.340. The lowest BCUT2D eigenvalue weighted by Crippen LogP contribution is -1.98. The Morgan fingerprint density at radius 1 is 1.73 bits per heavy atom. The smallest absolute Gasteiger partial charge is 0.0641 e. The molecule has 0 aliphatic carbocycles. The summed E-state index contributed by atoms with van der Waals surface area (Å²) in [4.78, 5) is 0. The van der Waals surface area contributed by atoms with Crippen molar-refractivity contribution >= 4 is 0 Å². The van der Waals surface area contributed by atoms with Crippen molar-refractivity contribution in [2.75, 3.05) is 19.8 Å². The Bertz CT molecular complexity index is 128. The van der Waals surface area contributed by atoms with Gasteiger partial charge < -0.3 is 9.84 Å². The average Bonchev–Trinajstić information content (AvgIpc) is 2.52. The molecule has 1 N–H and O–H groups in total. The van der Waals surface area contributed by atoms with Gasteiger partial charge in [0.25, 0.3) is 0 Å². The summed E-state index contributed by atoms with van der Waals surface area (Å²) in [5.74, 6) is 0.553. The van der Waals surface area contributed by atoms with E-state index in [1.807, 2.05) is 0 Å². The molecule has 2 heteroatoms. The molecule has 1 atom stereocenters. The summed E-state index contributed by atoms with van der Waals surface area (Å²) in [6, 6.07) is 0. The number of rotatable bonds is 3. The van der Waals surface area contributed by atoms with Gasteiger partial charge in [-0.05, 0) is 18.4 Å². The van der Waals surface area contributed by atoms with E-state index in [4.69, 9.17) is 9.84 Å². The van der Waals surface area contributed by atoms with Gasteiger partial charge in [-0.15, -0.1) is 0 Å². The van der Waals surface area contributed by atoms with Gasteiger partial charge in [-0.2, -0.15) is 0 Å². The fraction of sp³-hybridized carbons (Fsp3) is 0.778. The largest absolute Gasteiger partial charge is 0.392 e. The molecule has 11 heavy (non-hydrogen) atoms. The van der Waals surface area contributed by atoms with Crippen LogP contribution >= 0.6 is 0 Å². The molecule has 0 spiro atoms. The summed E-state index contributed by atoms with van der Waals surface area (Å²) in [5.41, 5.74) is 1.14. The molecule has 1 aliphatic rings. The van der Waals surface area contributed by atoms with Crippen LogP contribution in [0.25, 0.3) is 0 Å². The number of aliphatic hydroxyl groups is 1. The molecule has 0 bridgehead atoms. The van der Waals surface area contributed by atoms with Gasteiger partial charge in [0.1, 0.15) is 0 Å².